The first-order valence-corrected chi connectivity index (χ1v) is 6.71. The molecule has 0 N–H and O–H groups in total. The Morgan fingerprint density at radius 3 is 2.19 bits per heavy atom. The summed E-state index contributed by atoms with van der Waals surface area (Å²) in [6.07, 6.45) is 0.758. The van der Waals surface area contributed by atoms with Crippen LogP contribution in [0.2, 0.25) is 0 Å². The van der Waals surface area contributed by atoms with Gasteiger partial charge in [-0.15, -0.1) is 0 Å². The molecule has 21 heavy (non-hydrogen) atoms. The molecule has 0 atom stereocenters. The maximum Gasteiger partial charge on any atom is 0.122 e. The molecule has 0 unspecified atom stereocenters. The maximum absolute atomic E-state index is 8.80. The molecular weight excluding hydrogens is 266 g/mol. The lowest BCUT2D eigenvalue weighted by Gasteiger charge is -2.09. The van der Waals surface area contributed by atoms with Gasteiger partial charge in [-0.25, -0.2) is 0 Å². The highest BCUT2D eigenvalue weighted by Crippen LogP contribution is 2.19. The molecule has 2 aromatic rings. The van der Waals surface area contributed by atoms with Crippen LogP contribution >= 0.6 is 0 Å². The Bertz CT molecular complexity index is 619. The third kappa shape index (κ3) is 4.73. The van der Waals surface area contributed by atoms with E-state index in [2.05, 4.69) is 6.07 Å². The zero-order valence-electron chi connectivity index (χ0n) is 11.9. The zero-order valence-corrected chi connectivity index (χ0v) is 11.9. The highest BCUT2D eigenvalue weighted by atomic mass is 16.5. The standard InChI is InChI=1S/C17H17NO3/c1-19-15-6-3-8-17(12-15)21-10-4-9-20-16-7-2-5-14(11-16)13-18/h2-3,5-8,11-12H,4,9-10H2,1H3. The quantitative estimate of drug-likeness (QED) is 0.731. The van der Waals surface area contributed by atoms with E-state index in [1.165, 1.54) is 0 Å². The number of rotatable bonds is 7. The van der Waals surface area contributed by atoms with Crippen molar-refractivity contribution in [1.82, 2.24) is 0 Å². The molecule has 0 aliphatic heterocycles. The Labute approximate surface area is 124 Å². The van der Waals surface area contributed by atoms with E-state index < -0.39 is 0 Å². The van der Waals surface area contributed by atoms with Gasteiger partial charge in [0.1, 0.15) is 17.2 Å². The highest BCUT2D eigenvalue weighted by molar-refractivity contribution is 5.36. The van der Waals surface area contributed by atoms with Crippen LogP contribution in [0, 0.1) is 11.3 Å². The van der Waals surface area contributed by atoms with Gasteiger partial charge in [-0.05, 0) is 30.3 Å². The van der Waals surface area contributed by atoms with Gasteiger partial charge >= 0.3 is 0 Å². The summed E-state index contributed by atoms with van der Waals surface area (Å²) in [5.41, 5.74) is 0.597. The molecule has 0 aromatic heterocycles. The Balaban J connectivity index is 1.71. The minimum absolute atomic E-state index is 0.541. The van der Waals surface area contributed by atoms with E-state index in [9.17, 15) is 0 Å². The second kappa shape index (κ2) is 7.81. The lowest BCUT2D eigenvalue weighted by atomic mass is 10.2. The van der Waals surface area contributed by atoms with Crippen LogP contribution < -0.4 is 14.2 Å². The molecule has 0 radical (unpaired) electrons. The zero-order chi connectivity index (χ0) is 14.9. The van der Waals surface area contributed by atoms with Gasteiger partial charge in [0.15, 0.2) is 0 Å². The van der Waals surface area contributed by atoms with Gasteiger partial charge in [0.2, 0.25) is 0 Å². The predicted molar refractivity (Wildman–Crippen MR) is 79.8 cm³/mol. The smallest absolute Gasteiger partial charge is 0.122 e. The number of hydrogen-bond donors (Lipinski definition) is 0. The van der Waals surface area contributed by atoms with Crippen molar-refractivity contribution in [2.24, 2.45) is 0 Å². The minimum Gasteiger partial charge on any atom is -0.497 e. The molecule has 0 bridgehead atoms. The summed E-state index contributed by atoms with van der Waals surface area (Å²) in [6, 6.07) is 16.7. The van der Waals surface area contributed by atoms with Gasteiger partial charge in [0, 0.05) is 12.5 Å². The third-order valence-electron chi connectivity index (χ3n) is 2.83. The Morgan fingerprint density at radius 2 is 1.52 bits per heavy atom. The first-order valence-electron chi connectivity index (χ1n) is 6.71. The summed E-state index contributed by atoms with van der Waals surface area (Å²) in [6.45, 7) is 1.10. The van der Waals surface area contributed by atoms with Crippen LogP contribution in [0.5, 0.6) is 17.2 Å². The van der Waals surface area contributed by atoms with Crippen molar-refractivity contribution in [1.29, 1.82) is 5.26 Å². The average Bonchev–Trinajstić information content (AvgIpc) is 2.55. The van der Waals surface area contributed by atoms with Gasteiger partial charge in [-0.1, -0.05) is 12.1 Å². The van der Waals surface area contributed by atoms with E-state index in [4.69, 9.17) is 19.5 Å². The second-order valence-corrected chi connectivity index (χ2v) is 4.37. The van der Waals surface area contributed by atoms with Gasteiger partial charge in [0.05, 0.1) is 32.0 Å². The van der Waals surface area contributed by atoms with Crippen LogP contribution in [0.25, 0.3) is 0 Å². The summed E-state index contributed by atoms with van der Waals surface area (Å²) in [5.74, 6) is 2.26. The fourth-order valence-corrected chi connectivity index (χ4v) is 1.79. The van der Waals surface area contributed by atoms with Crippen molar-refractivity contribution in [3.63, 3.8) is 0 Å². The van der Waals surface area contributed by atoms with Crippen LogP contribution in [0.3, 0.4) is 0 Å². The van der Waals surface area contributed by atoms with Crippen LogP contribution in [0.4, 0.5) is 0 Å². The van der Waals surface area contributed by atoms with Crippen molar-refractivity contribution in [3.8, 4) is 23.3 Å². The number of hydrogen-bond acceptors (Lipinski definition) is 4. The lowest BCUT2D eigenvalue weighted by Crippen LogP contribution is -2.05. The number of nitrogens with zero attached hydrogens (tertiary/aromatic N) is 1. The van der Waals surface area contributed by atoms with E-state index in [1.54, 1.807) is 25.3 Å². The molecule has 108 valence electrons. The first-order chi connectivity index (χ1) is 10.3. The van der Waals surface area contributed by atoms with Crippen LogP contribution in [-0.4, -0.2) is 20.3 Å². The molecule has 0 aliphatic rings. The number of ether oxygens (including phenoxy) is 3. The molecule has 4 nitrogen and oxygen atoms in total. The Morgan fingerprint density at radius 1 is 0.905 bits per heavy atom. The molecule has 0 saturated carbocycles. The monoisotopic (exact) mass is 283 g/mol. The van der Waals surface area contributed by atoms with E-state index in [0.717, 1.165) is 17.9 Å². The predicted octanol–water partition coefficient (Wildman–Crippen LogP) is 3.41. The molecular formula is C17H17NO3. The van der Waals surface area contributed by atoms with Crippen LogP contribution in [-0.2, 0) is 0 Å². The summed E-state index contributed by atoms with van der Waals surface area (Å²) in [7, 11) is 1.63. The SMILES string of the molecule is COc1cccc(OCCCOc2cccc(C#N)c2)c1. The molecule has 2 rings (SSSR count). The molecule has 0 fully saturated rings. The molecule has 0 amide bonds. The van der Waals surface area contributed by atoms with Crippen molar-refractivity contribution in [3.05, 3.63) is 54.1 Å². The van der Waals surface area contributed by atoms with Gasteiger partial charge < -0.3 is 14.2 Å². The molecule has 4 heteroatoms. The number of benzene rings is 2. The average molecular weight is 283 g/mol. The largest absolute Gasteiger partial charge is 0.497 e. The van der Waals surface area contributed by atoms with Crippen molar-refractivity contribution in [2.45, 2.75) is 6.42 Å². The van der Waals surface area contributed by atoms with Gasteiger partial charge in [-0.3, -0.25) is 0 Å². The number of nitriles is 1. The summed E-state index contributed by atoms with van der Waals surface area (Å²) < 4.78 is 16.3. The topological polar surface area (TPSA) is 51.5 Å². The Kier molecular flexibility index (Phi) is 5.48. The fourth-order valence-electron chi connectivity index (χ4n) is 1.79. The third-order valence-corrected chi connectivity index (χ3v) is 2.83. The first kappa shape index (κ1) is 14.7. The van der Waals surface area contributed by atoms with E-state index in [0.29, 0.717) is 24.5 Å². The molecule has 0 heterocycles. The molecule has 2 aromatic carbocycles. The van der Waals surface area contributed by atoms with Gasteiger partial charge in [-0.2, -0.15) is 5.26 Å². The fraction of sp³-hybridized carbons (Fsp3) is 0.235. The normalized spacial score (nSPS) is 9.71. The summed E-state index contributed by atoms with van der Waals surface area (Å²) in [5, 5.41) is 8.80. The molecule has 0 aliphatic carbocycles. The minimum atomic E-state index is 0.541. The van der Waals surface area contributed by atoms with Crippen molar-refractivity contribution >= 4 is 0 Å². The van der Waals surface area contributed by atoms with Crippen LogP contribution in [0.1, 0.15) is 12.0 Å². The highest BCUT2D eigenvalue weighted by Gasteiger charge is 1.98. The molecule has 0 saturated heterocycles. The van der Waals surface area contributed by atoms with E-state index in [-0.39, 0.29) is 0 Å². The van der Waals surface area contributed by atoms with E-state index in [1.807, 2.05) is 30.3 Å². The van der Waals surface area contributed by atoms with Gasteiger partial charge in [0.25, 0.3) is 0 Å². The van der Waals surface area contributed by atoms with Crippen molar-refractivity contribution in [2.75, 3.05) is 20.3 Å². The number of methoxy groups -OCH3 is 1. The Hall–Kier alpha value is -2.67. The van der Waals surface area contributed by atoms with Crippen molar-refractivity contribution < 1.29 is 14.2 Å². The second-order valence-electron chi connectivity index (χ2n) is 4.37. The van der Waals surface area contributed by atoms with E-state index >= 15 is 0 Å². The van der Waals surface area contributed by atoms with Crippen LogP contribution in [0.15, 0.2) is 48.5 Å². The molecule has 0 spiro atoms. The lowest BCUT2D eigenvalue weighted by molar-refractivity contribution is 0.247. The summed E-state index contributed by atoms with van der Waals surface area (Å²) in [4.78, 5) is 0. The summed E-state index contributed by atoms with van der Waals surface area (Å²) >= 11 is 0. The maximum atomic E-state index is 8.80.